The van der Waals surface area contributed by atoms with E-state index >= 15 is 0 Å². The summed E-state index contributed by atoms with van der Waals surface area (Å²) in [7, 11) is 8.12. The average molecular weight is 972 g/mol. The van der Waals surface area contributed by atoms with Crippen molar-refractivity contribution in [2.75, 3.05) is 75.4 Å². The summed E-state index contributed by atoms with van der Waals surface area (Å²) in [6, 6.07) is 19.7. The van der Waals surface area contributed by atoms with Crippen molar-refractivity contribution in [1.82, 2.24) is 23.9 Å². The lowest BCUT2D eigenvalue weighted by Crippen LogP contribution is -2.40. The quantitative estimate of drug-likeness (QED) is 0.0436. The van der Waals surface area contributed by atoms with Gasteiger partial charge in [-0.1, -0.05) is 42.5 Å². The molecule has 0 unspecified atom stereocenters. The van der Waals surface area contributed by atoms with Gasteiger partial charge < -0.3 is 43.0 Å². The zero-order chi connectivity index (χ0) is 50.6. The van der Waals surface area contributed by atoms with E-state index in [0.29, 0.717) is 54.1 Å². The lowest BCUT2D eigenvalue weighted by Gasteiger charge is -2.23. The van der Waals surface area contributed by atoms with Gasteiger partial charge in [-0.05, 0) is 60.4 Å². The predicted molar refractivity (Wildman–Crippen MR) is 251 cm³/mol. The molecule has 0 amide bonds. The van der Waals surface area contributed by atoms with Crippen LogP contribution in [0.1, 0.15) is 72.5 Å². The standard InChI is InChI=1S/C50H61N5O15/c1-63-39-17-13-35(14-18-39)49(36-15-19-40(64-2)20-16-36)69-33-42-41(56)26-44(70-42)55-23-21-43(57)54(50(55)62)22-11-9-7-8-10-12-34-24-37(27-52(29-45(58)65-3)30-46(59)66-4)51-38(25-34)28-53(31-47(60)67-5)32-48(61)68-6/h13-21,23-25,41-42,44,49,56H,7-9,11,22,26-33H2,1-6H3/t41-,42+,44+/m0/s1. The van der Waals surface area contributed by atoms with Crippen LogP contribution in [0.4, 0.5) is 0 Å². The van der Waals surface area contributed by atoms with Gasteiger partial charge >= 0.3 is 29.6 Å². The van der Waals surface area contributed by atoms with E-state index in [1.54, 1.807) is 26.4 Å². The summed E-state index contributed by atoms with van der Waals surface area (Å²) < 4.78 is 45.0. The zero-order valence-electron chi connectivity index (χ0n) is 40.3. The first-order valence-electron chi connectivity index (χ1n) is 22.5. The summed E-state index contributed by atoms with van der Waals surface area (Å²) >= 11 is 0. The number of hydrogen-bond acceptors (Lipinski definition) is 18. The van der Waals surface area contributed by atoms with Crippen molar-refractivity contribution in [2.24, 2.45) is 0 Å². The van der Waals surface area contributed by atoms with Crippen molar-refractivity contribution in [1.29, 1.82) is 0 Å². The molecule has 0 saturated carbocycles. The highest BCUT2D eigenvalue weighted by Gasteiger charge is 2.37. The van der Waals surface area contributed by atoms with Crippen LogP contribution < -0.4 is 20.7 Å². The molecule has 3 heterocycles. The van der Waals surface area contributed by atoms with Gasteiger partial charge in [0.25, 0.3) is 5.56 Å². The Morgan fingerprint density at radius 3 is 1.70 bits per heavy atom. The molecule has 1 N–H and O–H groups in total. The molecule has 0 radical (unpaired) electrons. The molecule has 1 fully saturated rings. The number of pyridine rings is 1. The van der Waals surface area contributed by atoms with E-state index in [1.165, 1.54) is 55.1 Å². The number of ether oxygens (including phenoxy) is 8. The Balaban J connectivity index is 1.22. The molecule has 5 rings (SSSR count). The Hall–Kier alpha value is -6.89. The number of unbranched alkanes of at least 4 members (excludes halogenated alkanes) is 3. The second-order valence-corrected chi connectivity index (χ2v) is 16.2. The van der Waals surface area contributed by atoms with Gasteiger partial charge in [0.2, 0.25) is 0 Å². The maximum Gasteiger partial charge on any atom is 0.333 e. The topological polar surface area (TPSA) is 226 Å². The van der Waals surface area contributed by atoms with Gasteiger partial charge in [-0.2, -0.15) is 0 Å². The predicted octanol–water partition coefficient (Wildman–Crippen LogP) is 2.78. The largest absolute Gasteiger partial charge is 0.497 e. The summed E-state index contributed by atoms with van der Waals surface area (Å²) in [5.41, 5.74) is 2.12. The molecule has 0 bridgehead atoms. The van der Waals surface area contributed by atoms with Crippen molar-refractivity contribution in [3.8, 4) is 23.3 Å². The molecule has 0 aliphatic carbocycles. The SMILES string of the molecule is COC(=O)CN(CC(=O)OC)Cc1cc(C#CCCCCCn2c(=O)ccn([C@H]3C[C@H](O)[C@@H](COC(c4ccc(OC)cc4)c4ccc(OC)cc4)O3)c2=O)cc(CN(CC(=O)OC)CC(=O)OC)n1. The van der Waals surface area contributed by atoms with Crippen molar-refractivity contribution < 1.29 is 62.2 Å². The number of benzene rings is 2. The van der Waals surface area contributed by atoms with Crippen molar-refractivity contribution in [2.45, 2.75) is 76.3 Å². The zero-order valence-corrected chi connectivity index (χ0v) is 40.3. The maximum absolute atomic E-state index is 13.7. The molecule has 376 valence electrons. The fraction of sp³-hybridized carbons (Fsp3) is 0.460. The Morgan fingerprint density at radius 1 is 0.729 bits per heavy atom. The van der Waals surface area contributed by atoms with Gasteiger partial charge in [-0.15, -0.1) is 0 Å². The van der Waals surface area contributed by atoms with Crippen LogP contribution in [0.2, 0.25) is 0 Å². The first-order valence-corrected chi connectivity index (χ1v) is 22.5. The summed E-state index contributed by atoms with van der Waals surface area (Å²) in [5, 5.41) is 11.1. The minimum Gasteiger partial charge on any atom is -0.497 e. The summed E-state index contributed by atoms with van der Waals surface area (Å²) in [4.78, 5) is 83.1. The van der Waals surface area contributed by atoms with Crippen LogP contribution in [-0.4, -0.2) is 141 Å². The highest BCUT2D eigenvalue weighted by Crippen LogP contribution is 2.33. The number of hydrogen-bond donors (Lipinski definition) is 1. The molecule has 4 aromatic rings. The van der Waals surface area contributed by atoms with E-state index in [9.17, 15) is 33.9 Å². The van der Waals surface area contributed by atoms with Gasteiger partial charge in [-0.3, -0.25) is 47.9 Å². The van der Waals surface area contributed by atoms with Crippen molar-refractivity contribution in [3.63, 3.8) is 0 Å². The molecular weight excluding hydrogens is 911 g/mol. The van der Waals surface area contributed by atoms with Crippen LogP contribution in [0, 0.1) is 11.8 Å². The van der Waals surface area contributed by atoms with E-state index in [4.69, 9.17) is 42.9 Å². The van der Waals surface area contributed by atoms with Crippen LogP contribution >= 0.6 is 0 Å². The molecular formula is C50H61N5O15. The van der Waals surface area contributed by atoms with Crippen LogP contribution in [0.15, 0.2) is 82.5 Å². The molecule has 0 spiro atoms. The van der Waals surface area contributed by atoms with E-state index < -0.39 is 59.7 Å². The minimum atomic E-state index is -0.947. The van der Waals surface area contributed by atoms with Crippen LogP contribution in [-0.2, 0) is 67.2 Å². The van der Waals surface area contributed by atoms with Gasteiger partial charge in [0.1, 0.15) is 29.9 Å². The normalized spacial score (nSPS) is 15.3. The first kappa shape index (κ1) is 54.1. The molecule has 1 aliphatic rings. The molecule has 1 aliphatic heterocycles. The van der Waals surface area contributed by atoms with Gasteiger partial charge in [0, 0.05) is 50.3 Å². The monoisotopic (exact) mass is 971 g/mol. The Morgan fingerprint density at radius 2 is 1.23 bits per heavy atom. The van der Waals surface area contributed by atoms with E-state index in [-0.39, 0.29) is 58.8 Å². The van der Waals surface area contributed by atoms with Gasteiger partial charge in [-0.25, -0.2) is 4.79 Å². The smallest absolute Gasteiger partial charge is 0.333 e. The van der Waals surface area contributed by atoms with Crippen molar-refractivity contribution >= 4 is 23.9 Å². The van der Waals surface area contributed by atoms with E-state index in [0.717, 1.165) is 15.7 Å². The first-order chi connectivity index (χ1) is 33.8. The minimum absolute atomic E-state index is 0.0144. The highest BCUT2D eigenvalue weighted by molar-refractivity contribution is 5.75. The number of methoxy groups -OCH3 is 6. The van der Waals surface area contributed by atoms with Gasteiger partial charge in [0.15, 0.2) is 0 Å². The number of nitrogens with zero attached hydrogens (tertiary/aromatic N) is 5. The summed E-state index contributed by atoms with van der Waals surface area (Å²) in [6.07, 6.45) is 0.678. The van der Waals surface area contributed by atoms with Crippen LogP contribution in [0.5, 0.6) is 11.5 Å². The third-order valence-corrected chi connectivity index (χ3v) is 11.3. The molecule has 1 saturated heterocycles. The van der Waals surface area contributed by atoms with Gasteiger partial charge in [0.05, 0.1) is 92.9 Å². The number of carbonyl (C=O) groups is 4. The third kappa shape index (κ3) is 16.1. The lowest BCUT2D eigenvalue weighted by atomic mass is 10.0. The molecule has 2 aromatic carbocycles. The Kier molecular flexibility index (Phi) is 21.1. The lowest BCUT2D eigenvalue weighted by molar-refractivity contribution is -0.147. The second kappa shape index (κ2) is 27.3. The third-order valence-electron chi connectivity index (χ3n) is 11.3. The fourth-order valence-electron chi connectivity index (χ4n) is 7.62. The average Bonchev–Trinajstić information content (AvgIpc) is 3.73. The maximum atomic E-state index is 13.7. The molecule has 3 atom stereocenters. The molecule has 70 heavy (non-hydrogen) atoms. The Labute approximate surface area is 405 Å². The highest BCUT2D eigenvalue weighted by atomic mass is 16.6. The van der Waals surface area contributed by atoms with E-state index in [1.807, 2.05) is 48.5 Å². The summed E-state index contributed by atoms with van der Waals surface area (Å²) in [6.45, 7) is -0.701. The summed E-state index contributed by atoms with van der Waals surface area (Å²) in [5.74, 6) is 5.36. The fourth-order valence-corrected chi connectivity index (χ4v) is 7.62. The number of aliphatic hydroxyl groups excluding tert-OH is 1. The van der Waals surface area contributed by atoms with E-state index in [2.05, 4.69) is 11.8 Å². The van der Waals surface area contributed by atoms with Crippen LogP contribution in [0.3, 0.4) is 0 Å². The van der Waals surface area contributed by atoms with Crippen molar-refractivity contribution in [3.05, 3.63) is 122 Å². The molecule has 20 nitrogen and oxygen atoms in total. The number of carbonyl (C=O) groups excluding carboxylic acids is 4. The van der Waals surface area contributed by atoms with Crippen LogP contribution in [0.25, 0.3) is 0 Å². The Bertz CT molecular complexity index is 2410. The molecule has 2 aromatic heterocycles. The number of esters is 4. The number of aliphatic hydroxyl groups is 1. The second-order valence-electron chi connectivity index (χ2n) is 16.2. The number of aromatic nitrogens is 3. The molecule has 20 heteroatoms. The number of rotatable bonds is 25.